The molecule has 31 heavy (non-hydrogen) atoms. The molecule has 6 heteroatoms. The second-order valence-corrected chi connectivity index (χ2v) is 8.81. The second kappa shape index (κ2) is 9.73. The molecular weight excluding hydrogens is 412 g/mol. The van der Waals surface area contributed by atoms with Crippen LogP contribution in [0.15, 0.2) is 48.5 Å². The number of halogens is 1. The van der Waals surface area contributed by atoms with Crippen LogP contribution in [0.3, 0.4) is 0 Å². The highest BCUT2D eigenvalue weighted by molar-refractivity contribution is 6.31. The fourth-order valence-electron chi connectivity index (χ4n) is 4.73. The highest BCUT2D eigenvalue weighted by Gasteiger charge is 2.42. The molecule has 2 aliphatic rings. The number of rotatable bonds is 5. The molecule has 1 heterocycles. The molecule has 0 radical (unpaired) electrons. The van der Waals surface area contributed by atoms with Crippen LogP contribution in [0.1, 0.15) is 55.7 Å². The Balaban J connectivity index is 1.68. The molecule has 4 rings (SSSR count). The molecule has 0 spiro atoms. The quantitative estimate of drug-likeness (QED) is 0.616. The molecule has 1 aliphatic carbocycles. The van der Waals surface area contributed by atoms with E-state index in [0.717, 1.165) is 42.6 Å². The van der Waals surface area contributed by atoms with Gasteiger partial charge in [0.15, 0.2) is 0 Å². The number of hydrogen-bond acceptors (Lipinski definition) is 3. The van der Waals surface area contributed by atoms with Gasteiger partial charge >= 0.3 is 0 Å². The number of methoxy groups -OCH3 is 1. The first-order chi connectivity index (χ1) is 15.1. The van der Waals surface area contributed by atoms with E-state index < -0.39 is 6.04 Å². The molecule has 2 aromatic rings. The summed E-state index contributed by atoms with van der Waals surface area (Å²) >= 11 is 6.38. The lowest BCUT2D eigenvalue weighted by Gasteiger charge is -2.43. The molecule has 164 valence electrons. The Morgan fingerprint density at radius 2 is 1.65 bits per heavy atom. The summed E-state index contributed by atoms with van der Waals surface area (Å²) in [6.07, 6.45) is 6.57. The van der Waals surface area contributed by atoms with Crippen LogP contribution in [0, 0.1) is 0 Å². The van der Waals surface area contributed by atoms with Crippen molar-refractivity contribution in [2.24, 2.45) is 0 Å². The minimum absolute atomic E-state index is 0.00344. The first-order valence-corrected chi connectivity index (χ1v) is 11.4. The molecule has 2 amide bonds. The standard InChI is InChI=1S/C25H29ClN2O3/c1-31-21-14-12-18(13-15-21)24-25(30)27(20-9-4-2-3-5-10-20)17-23(29)28(24)16-19-8-6-7-11-22(19)26/h6-8,11-15,20,24H,2-5,9-10,16-17H2,1H3/t24-/m1/s1. The zero-order valence-electron chi connectivity index (χ0n) is 17.9. The number of ether oxygens (including phenoxy) is 1. The number of piperazine rings is 1. The van der Waals surface area contributed by atoms with Crippen LogP contribution in [0.25, 0.3) is 0 Å². The molecule has 0 N–H and O–H groups in total. The van der Waals surface area contributed by atoms with E-state index in [1.54, 1.807) is 12.0 Å². The Hall–Kier alpha value is -2.53. The predicted octanol–water partition coefficient (Wildman–Crippen LogP) is 4.98. The molecule has 2 aromatic carbocycles. The lowest BCUT2D eigenvalue weighted by molar-refractivity contribution is -0.159. The lowest BCUT2D eigenvalue weighted by atomic mass is 9.97. The van der Waals surface area contributed by atoms with Gasteiger partial charge in [-0.25, -0.2) is 0 Å². The van der Waals surface area contributed by atoms with Crippen LogP contribution >= 0.6 is 11.6 Å². The summed E-state index contributed by atoms with van der Waals surface area (Å²) in [5.74, 6) is 0.685. The fraction of sp³-hybridized carbons (Fsp3) is 0.440. The third-order valence-corrected chi connectivity index (χ3v) is 6.82. The molecule has 2 fully saturated rings. The number of nitrogens with zero attached hydrogens (tertiary/aromatic N) is 2. The Labute approximate surface area is 188 Å². The van der Waals surface area contributed by atoms with Crippen molar-refractivity contribution >= 4 is 23.4 Å². The summed E-state index contributed by atoms with van der Waals surface area (Å²) in [7, 11) is 1.61. The summed E-state index contributed by atoms with van der Waals surface area (Å²) in [4.78, 5) is 30.7. The van der Waals surface area contributed by atoms with Gasteiger partial charge in [0.2, 0.25) is 5.91 Å². The highest BCUT2D eigenvalue weighted by Crippen LogP contribution is 2.34. The third-order valence-electron chi connectivity index (χ3n) is 6.45. The minimum atomic E-state index is -0.660. The third kappa shape index (κ3) is 4.72. The van der Waals surface area contributed by atoms with Crippen molar-refractivity contribution < 1.29 is 14.3 Å². The Kier molecular flexibility index (Phi) is 6.81. The van der Waals surface area contributed by atoms with E-state index in [1.165, 1.54) is 12.8 Å². The van der Waals surface area contributed by atoms with E-state index in [2.05, 4.69) is 0 Å². The van der Waals surface area contributed by atoms with Crippen molar-refractivity contribution in [3.05, 3.63) is 64.7 Å². The second-order valence-electron chi connectivity index (χ2n) is 8.40. The van der Waals surface area contributed by atoms with Gasteiger partial charge in [-0.15, -0.1) is 0 Å². The Morgan fingerprint density at radius 1 is 0.968 bits per heavy atom. The maximum Gasteiger partial charge on any atom is 0.250 e. The van der Waals surface area contributed by atoms with Gasteiger partial charge < -0.3 is 14.5 Å². The van der Waals surface area contributed by atoms with Crippen LogP contribution < -0.4 is 4.74 Å². The highest BCUT2D eigenvalue weighted by atomic mass is 35.5. The van der Waals surface area contributed by atoms with Gasteiger partial charge in [0, 0.05) is 17.6 Å². The van der Waals surface area contributed by atoms with Gasteiger partial charge in [-0.05, 0) is 42.2 Å². The number of hydrogen-bond donors (Lipinski definition) is 0. The summed E-state index contributed by atoms with van der Waals surface area (Å²) < 4.78 is 5.28. The van der Waals surface area contributed by atoms with Gasteiger partial charge in [-0.1, -0.05) is 67.6 Å². The Bertz CT molecular complexity index is 923. The zero-order valence-corrected chi connectivity index (χ0v) is 18.7. The van der Waals surface area contributed by atoms with Gasteiger partial charge in [0.1, 0.15) is 18.3 Å². The van der Waals surface area contributed by atoms with E-state index >= 15 is 0 Å². The SMILES string of the molecule is COc1ccc([C@@H]2C(=O)N(C3CCCCCC3)CC(=O)N2Cc2ccccc2Cl)cc1. The number of benzene rings is 2. The van der Waals surface area contributed by atoms with Crippen LogP contribution in [-0.4, -0.2) is 41.3 Å². The van der Waals surface area contributed by atoms with Crippen LogP contribution in [-0.2, 0) is 16.1 Å². The van der Waals surface area contributed by atoms with Gasteiger partial charge in [-0.2, -0.15) is 0 Å². The van der Waals surface area contributed by atoms with Crippen LogP contribution in [0.4, 0.5) is 0 Å². The van der Waals surface area contributed by atoms with Crippen molar-refractivity contribution in [3.8, 4) is 5.75 Å². The van der Waals surface area contributed by atoms with Crippen molar-refractivity contribution in [2.75, 3.05) is 13.7 Å². The topological polar surface area (TPSA) is 49.9 Å². The van der Waals surface area contributed by atoms with E-state index in [1.807, 2.05) is 53.4 Å². The maximum atomic E-state index is 13.8. The predicted molar refractivity (Wildman–Crippen MR) is 121 cm³/mol. The average Bonchev–Trinajstić information content (AvgIpc) is 3.07. The van der Waals surface area contributed by atoms with E-state index in [-0.39, 0.29) is 24.4 Å². The fourth-order valence-corrected chi connectivity index (χ4v) is 4.92. The van der Waals surface area contributed by atoms with Crippen molar-refractivity contribution in [2.45, 2.75) is 57.2 Å². The molecule has 1 saturated carbocycles. The zero-order chi connectivity index (χ0) is 21.8. The van der Waals surface area contributed by atoms with Crippen LogP contribution in [0.5, 0.6) is 5.75 Å². The van der Waals surface area contributed by atoms with Gasteiger partial charge in [0.05, 0.1) is 7.11 Å². The van der Waals surface area contributed by atoms with Gasteiger partial charge in [-0.3, -0.25) is 9.59 Å². The summed E-state index contributed by atoms with van der Waals surface area (Å²) in [6, 6.07) is 14.4. The molecule has 0 aromatic heterocycles. The largest absolute Gasteiger partial charge is 0.497 e. The number of amides is 2. The van der Waals surface area contributed by atoms with Crippen molar-refractivity contribution in [3.63, 3.8) is 0 Å². The smallest absolute Gasteiger partial charge is 0.250 e. The van der Waals surface area contributed by atoms with E-state index in [9.17, 15) is 9.59 Å². The molecule has 0 unspecified atom stereocenters. The summed E-state index contributed by atoms with van der Waals surface area (Å²) in [6.45, 7) is 0.445. The number of carbonyl (C=O) groups is 2. The molecule has 5 nitrogen and oxygen atoms in total. The van der Waals surface area contributed by atoms with Crippen molar-refractivity contribution in [1.29, 1.82) is 0 Å². The first-order valence-electron chi connectivity index (χ1n) is 11.1. The molecule has 1 saturated heterocycles. The normalized spacial score (nSPS) is 20.6. The van der Waals surface area contributed by atoms with Crippen molar-refractivity contribution in [1.82, 2.24) is 9.80 Å². The maximum absolute atomic E-state index is 13.8. The first kappa shape index (κ1) is 21.7. The minimum Gasteiger partial charge on any atom is -0.497 e. The molecule has 1 atom stereocenters. The average molecular weight is 441 g/mol. The van der Waals surface area contributed by atoms with Crippen LogP contribution in [0.2, 0.25) is 5.02 Å². The van der Waals surface area contributed by atoms with E-state index in [4.69, 9.17) is 16.3 Å². The molecule has 1 aliphatic heterocycles. The molecule has 0 bridgehead atoms. The molecular formula is C25H29ClN2O3. The Morgan fingerprint density at radius 3 is 2.29 bits per heavy atom. The summed E-state index contributed by atoms with van der Waals surface area (Å²) in [5.41, 5.74) is 1.64. The lowest BCUT2D eigenvalue weighted by Crippen LogP contribution is -2.57. The summed E-state index contributed by atoms with van der Waals surface area (Å²) in [5, 5.41) is 0.599. The van der Waals surface area contributed by atoms with Gasteiger partial charge in [0.25, 0.3) is 5.91 Å². The van der Waals surface area contributed by atoms with E-state index in [0.29, 0.717) is 11.6 Å². The number of carbonyl (C=O) groups excluding carboxylic acids is 2. The monoisotopic (exact) mass is 440 g/mol.